The zero-order valence-corrected chi connectivity index (χ0v) is 10.8. The van der Waals surface area contributed by atoms with Gasteiger partial charge in [0, 0.05) is 6.04 Å². The van der Waals surface area contributed by atoms with Gasteiger partial charge >= 0.3 is 0 Å². The van der Waals surface area contributed by atoms with Crippen molar-refractivity contribution in [2.24, 2.45) is 0 Å². The molecule has 3 heteroatoms. The zero-order valence-electron chi connectivity index (χ0n) is 10.8. The molecule has 2 rings (SSSR count). The molecule has 3 nitrogen and oxygen atoms in total. The van der Waals surface area contributed by atoms with Crippen molar-refractivity contribution in [3.05, 3.63) is 59.5 Å². The zero-order chi connectivity index (χ0) is 13.0. The van der Waals surface area contributed by atoms with Crippen molar-refractivity contribution in [1.29, 1.82) is 0 Å². The molecule has 0 saturated heterocycles. The number of nitrogens with one attached hydrogen (secondary N) is 1. The monoisotopic (exact) mass is 245 g/mol. The molecule has 2 N–H and O–H groups in total. The fourth-order valence-corrected chi connectivity index (χ4v) is 2.05. The van der Waals surface area contributed by atoms with Crippen molar-refractivity contribution in [3.63, 3.8) is 0 Å². The van der Waals surface area contributed by atoms with Gasteiger partial charge < -0.3 is 9.52 Å². The van der Waals surface area contributed by atoms with Crippen LogP contribution in [-0.2, 0) is 0 Å². The van der Waals surface area contributed by atoms with Gasteiger partial charge in [0.2, 0.25) is 0 Å². The Hall–Kier alpha value is -1.58. The van der Waals surface area contributed by atoms with Crippen molar-refractivity contribution in [3.8, 4) is 0 Å². The van der Waals surface area contributed by atoms with E-state index >= 15 is 0 Å². The van der Waals surface area contributed by atoms with E-state index in [0.29, 0.717) is 0 Å². The van der Waals surface area contributed by atoms with Gasteiger partial charge in [-0.25, -0.2) is 0 Å². The van der Waals surface area contributed by atoms with E-state index in [1.54, 1.807) is 6.26 Å². The van der Waals surface area contributed by atoms with E-state index in [0.717, 1.165) is 5.76 Å². The van der Waals surface area contributed by atoms with Gasteiger partial charge in [-0.05, 0) is 31.5 Å². The molecular weight excluding hydrogens is 226 g/mol. The number of aryl methyl sites for hydroxylation is 1. The number of aliphatic hydroxyl groups is 1. The smallest absolute Gasteiger partial charge is 0.123 e. The average Bonchev–Trinajstić information content (AvgIpc) is 2.89. The Morgan fingerprint density at radius 3 is 2.72 bits per heavy atom. The van der Waals surface area contributed by atoms with Gasteiger partial charge in [0.15, 0.2) is 0 Å². The van der Waals surface area contributed by atoms with Gasteiger partial charge in [0.05, 0.1) is 18.9 Å². The van der Waals surface area contributed by atoms with E-state index in [2.05, 4.69) is 37.4 Å². The molecule has 0 aliphatic rings. The lowest BCUT2D eigenvalue weighted by atomic mass is 10.0. The number of furan rings is 1. The third-order valence-corrected chi connectivity index (χ3v) is 3.06. The van der Waals surface area contributed by atoms with Crippen molar-refractivity contribution in [1.82, 2.24) is 5.32 Å². The van der Waals surface area contributed by atoms with E-state index < -0.39 is 0 Å². The molecule has 18 heavy (non-hydrogen) atoms. The van der Waals surface area contributed by atoms with Crippen LogP contribution < -0.4 is 5.32 Å². The van der Waals surface area contributed by atoms with Crippen molar-refractivity contribution in [2.75, 3.05) is 6.61 Å². The van der Waals surface area contributed by atoms with Gasteiger partial charge in [-0.15, -0.1) is 0 Å². The normalized spacial score (nSPS) is 14.4. The van der Waals surface area contributed by atoms with E-state index in [1.807, 2.05) is 18.2 Å². The fourth-order valence-electron chi connectivity index (χ4n) is 2.05. The molecular formula is C15H19NO2. The van der Waals surface area contributed by atoms with E-state index in [1.165, 1.54) is 11.1 Å². The highest BCUT2D eigenvalue weighted by Gasteiger charge is 2.16. The summed E-state index contributed by atoms with van der Waals surface area (Å²) in [5.74, 6) is 0.761. The summed E-state index contributed by atoms with van der Waals surface area (Å²) in [6, 6.07) is 12.0. The molecule has 0 spiro atoms. The van der Waals surface area contributed by atoms with Crippen molar-refractivity contribution < 1.29 is 9.52 Å². The van der Waals surface area contributed by atoms with Gasteiger partial charge in [0.1, 0.15) is 5.76 Å². The predicted octanol–water partition coefficient (Wildman–Crippen LogP) is 2.97. The number of aliphatic hydroxyl groups excluding tert-OH is 1. The minimum Gasteiger partial charge on any atom is -0.468 e. The second-order valence-corrected chi connectivity index (χ2v) is 4.55. The maximum atomic E-state index is 9.43. The van der Waals surface area contributed by atoms with Crippen LogP contribution in [0.5, 0.6) is 0 Å². The minimum atomic E-state index is -0.171. The molecule has 0 bridgehead atoms. The Labute approximate surface area is 107 Å². The van der Waals surface area contributed by atoms with Crippen LogP contribution in [-0.4, -0.2) is 11.7 Å². The molecule has 1 aromatic carbocycles. The minimum absolute atomic E-state index is 0.0175. The van der Waals surface area contributed by atoms with E-state index in [-0.39, 0.29) is 18.7 Å². The summed E-state index contributed by atoms with van der Waals surface area (Å²) in [6.45, 7) is 4.18. The molecule has 2 atom stereocenters. The first-order chi connectivity index (χ1) is 8.70. The van der Waals surface area contributed by atoms with Crippen LogP contribution in [0, 0.1) is 6.92 Å². The van der Waals surface area contributed by atoms with Crippen LogP contribution in [0.25, 0.3) is 0 Å². The SMILES string of the molecule is Cc1cccc(C(C)NC(CO)c2ccco2)c1. The van der Waals surface area contributed by atoms with Gasteiger partial charge in [-0.1, -0.05) is 29.8 Å². The lowest BCUT2D eigenvalue weighted by Gasteiger charge is -2.20. The van der Waals surface area contributed by atoms with Gasteiger partial charge in [-0.2, -0.15) is 0 Å². The maximum Gasteiger partial charge on any atom is 0.123 e. The molecule has 0 aliphatic heterocycles. The number of rotatable bonds is 5. The third-order valence-electron chi connectivity index (χ3n) is 3.06. The molecule has 0 amide bonds. The Kier molecular flexibility index (Phi) is 4.18. The topological polar surface area (TPSA) is 45.4 Å². The Morgan fingerprint density at radius 1 is 1.28 bits per heavy atom. The molecule has 0 aliphatic carbocycles. The Balaban J connectivity index is 2.08. The summed E-state index contributed by atoms with van der Waals surface area (Å²) in [5, 5.41) is 12.8. The van der Waals surface area contributed by atoms with Crippen LogP contribution in [0.1, 0.15) is 35.9 Å². The summed E-state index contributed by atoms with van der Waals surface area (Å²) in [4.78, 5) is 0. The molecule has 2 aromatic rings. The van der Waals surface area contributed by atoms with E-state index in [4.69, 9.17) is 4.42 Å². The third kappa shape index (κ3) is 3.00. The summed E-state index contributed by atoms with van der Waals surface area (Å²) < 4.78 is 5.32. The largest absolute Gasteiger partial charge is 0.468 e. The molecule has 1 aromatic heterocycles. The highest BCUT2D eigenvalue weighted by atomic mass is 16.3. The highest BCUT2D eigenvalue weighted by molar-refractivity contribution is 5.25. The van der Waals surface area contributed by atoms with Crippen molar-refractivity contribution >= 4 is 0 Å². The quantitative estimate of drug-likeness (QED) is 0.851. The first-order valence-corrected chi connectivity index (χ1v) is 6.17. The van der Waals surface area contributed by atoms with Crippen LogP contribution in [0.3, 0.4) is 0 Å². The van der Waals surface area contributed by atoms with Crippen LogP contribution in [0.15, 0.2) is 47.1 Å². The number of hydrogen-bond acceptors (Lipinski definition) is 3. The molecule has 0 radical (unpaired) electrons. The van der Waals surface area contributed by atoms with E-state index in [9.17, 15) is 5.11 Å². The lowest BCUT2D eigenvalue weighted by Crippen LogP contribution is -2.27. The summed E-state index contributed by atoms with van der Waals surface area (Å²) in [6.07, 6.45) is 1.62. The van der Waals surface area contributed by atoms with Crippen LogP contribution in [0.4, 0.5) is 0 Å². The Morgan fingerprint density at radius 2 is 2.11 bits per heavy atom. The van der Waals surface area contributed by atoms with Crippen LogP contribution >= 0.6 is 0 Å². The standard InChI is InChI=1S/C15H19NO2/c1-11-5-3-6-13(9-11)12(2)16-14(10-17)15-7-4-8-18-15/h3-9,12,14,16-17H,10H2,1-2H3. The molecule has 0 saturated carbocycles. The highest BCUT2D eigenvalue weighted by Crippen LogP contribution is 2.20. The average molecular weight is 245 g/mol. The van der Waals surface area contributed by atoms with Crippen LogP contribution in [0.2, 0.25) is 0 Å². The first-order valence-electron chi connectivity index (χ1n) is 6.17. The fraction of sp³-hybridized carbons (Fsp3) is 0.333. The predicted molar refractivity (Wildman–Crippen MR) is 71.3 cm³/mol. The first kappa shape index (κ1) is 12.9. The lowest BCUT2D eigenvalue weighted by molar-refractivity contribution is 0.217. The summed E-state index contributed by atoms with van der Waals surface area (Å²) in [5.41, 5.74) is 2.44. The molecule has 0 fully saturated rings. The Bertz CT molecular complexity index is 479. The molecule has 2 unspecified atom stereocenters. The van der Waals surface area contributed by atoms with Gasteiger partial charge in [0.25, 0.3) is 0 Å². The maximum absolute atomic E-state index is 9.43. The number of hydrogen-bond donors (Lipinski definition) is 2. The number of benzene rings is 1. The molecule has 96 valence electrons. The second kappa shape index (κ2) is 5.85. The molecule has 1 heterocycles. The summed E-state index contributed by atoms with van der Waals surface area (Å²) in [7, 11) is 0. The van der Waals surface area contributed by atoms with Gasteiger partial charge in [-0.3, -0.25) is 5.32 Å². The van der Waals surface area contributed by atoms with Crippen molar-refractivity contribution in [2.45, 2.75) is 25.9 Å². The summed E-state index contributed by atoms with van der Waals surface area (Å²) >= 11 is 0. The second-order valence-electron chi connectivity index (χ2n) is 4.55.